The van der Waals surface area contributed by atoms with Gasteiger partial charge in [0.1, 0.15) is 0 Å². The van der Waals surface area contributed by atoms with Gasteiger partial charge in [-0.25, -0.2) is 0 Å². The van der Waals surface area contributed by atoms with Gasteiger partial charge in [0.2, 0.25) is 5.91 Å². The number of piperidine rings is 1. The minimum absolute atomic E-state index is 0.0730. The zero-order valence-corrected chi connectivity index (χ0v) is 10.9. The van der Waals surface area contributed by atoms with E-state index in [-0.39, 0.29) is 24.0 Å². The molecular formula is C12H25N3O. The summed E-state index contributed by atoms with van der Waals surface area (Å²) in [5.74, 6) is 0.689. The van der Waals surface area contributed by atoms with Crippen LogP contribution in [-0.2, 0) is 4.79 Å². The molecule has 1 fully saturated rings. The number of nitrogens with two attached hydrogens (primary N) is 1. The van der Waals surface area contributed by atoms with Gasteiger partial charge < -0.3 is 11.1 Å². The predicted molar refractivity (Wildman–Crippen MR) is 66.1 cm³/mol. The molecule has 3 unspecified atom stereocenters. The summed E-state index contributed by atoms with van der Waals surface area (Å²) in [4.78, 5) is 14.1. The molecule has 1 amide bonds. The van der Waals surface area contributed by atoms with E-state index in [1.807, 2.05) is 20.8 Å². The molecule has 1 saturated heterocycles. The molecule has 1 aliphatic heterocycles. The van der Waals surface area contributed by atoms with Crippen molar-refractivity contribution in [2.24, 2.45) is 11.7 Å². The number of hydrogen-bond donors (Lipinski definition) is 2. The number of amides is 1. The van der Waals surface area contributed by atoms with Crippen molar-refractivity contribution in [2.45, 2.75) is 52.2 Å². The van der Waals surface area contributed by atoms with Crippen molar-refractivity contribution < 1.29 is 4.79 Å². The van der Waals surface area contributed by atoms with E-state index >= 15 is 0 Å². The lowest BCUT2D eigenvalue weighted by atomic mass is 9.95. The molecule has 94 valence electrons. The van der Waals surface area contributed by atoms with Crippen molar-refractivity contribution in [3.63, 3.8) is 0 Å². The van der Waals surface area contributed by atoms with Crippen LogP contribution in [0.2, 0.25) is 0 Å². The van der Waals surface area contributed by atoms with E-state index in [1.165, 1.54) is 0 Å². The van der Waals surface area contributed by atoms with Crippen molar-refractivity contribution in [3.05, 3.63) is 0 Å². The quantitative estimate of drug-likeness (QED) is 0.741. The van der Waals surface area contributed by atoms with Crippen LogP contribution >= 0.6 is 0 Å². The lowest BCUT2D eigenvalue weighted by molar-refractivity contribution is -0.127. The molecule has 0 aromatic heterocycles. The Morgan fingerprint density at radius 2 is 2.00 bits per heavy atom. The number of rotatable bonds is 3. The Morgan fingerprint density at radius 1 is 1.38 bits per heavy atom. The summed E-state index contributed by atoms with van der Waals surface area (Å²) in [5.41, 5.74) is 5.98. The van der Waals surface area contributed by atoms with Crippen molar-refractivity contribution in [2.75, 3.05) is 13.1 Å². The van der Waals surface area contributed by atoms with E-state index in [2.05, 4.69) is 17.1 Å². The number of carbonyl (C=O) groups is 1. The highest BCUT2D eigenvalue weighted by molar-refractivity contribution is 5.81. The van der Waals surface area contributed by atoms with Crippen molar-refractivity contribution in [3.8, 4) is 0 Å². The van der Waals surface area contributed by atoms with E-state index in [1.54, 1.807) is 0 Å². The topological polar surface area (TPSA) is 58.4 Å². The minimum Gasteiger partial charge on any atom is -0.353 e. The molecule has 1 aliphatic rings. The number of likely N-dealkylation sites (tertiary alicyclic amines) is 1. The van der Waals surface area contributed by atoms with Gasteiger partial charge >= 0.3 is 0 Å². The lowest BCUT2D eigenvalue weighted by Gasteiger charge is -2.38. The first kappa shape index (κ1) is 13.5. The van der Waals surface area contributed by atoms with Gasteiger partial charge in [0.25, 0.3) is 0 Å². The van der Waals surface area contributed by atoms with Crippen molar-refractivity contribution in [1.29, 1.82) is 0 Å². The summed E-state index contributed by atoms with van der Waals surface area (Å²) in [7, 11) is 0. The molecule has 0 saturated carbocycles. The average Bonchev–Trinajstić information content (AvgIpc) is 2.13. The van der Waals surface area contributed by atoms with E-state index in [9.17, 15) is 4.79 Å². The Morgan fingerprint density at radius 3 is 2.50 bits per heavy atom. The van der Waals surface area contributed by atoms with Crippen LogP contribution in [0.5, 0.6) is 0 Å². The number of nitrogens with one attached hydrogen (secondary N) is 1. The third-order valence-corrected chi connectivity index (χ3v) is 3.08. The van der Waals surface area contributed by atoms with E-state index in [0.717, 1.165) is 19.5 Å². The lowest BCUT2D eigenvalue weighted by Crippen LogP contribution is -2.54. The fourth-order valence-electron chi connectivity index (χ4n) is 2.33. The third-order valence-electron chi connectivity index (χ3n) is 3.08. The van der Waals surface area contributed by atoms with Crippen LogP contribution in [-0.4, -0.2) is 42.0 Å². The summed E-state index contributed by atoms with van der Waals surface area (Å²) in [6, 6.07) is 0.333. The average molecular weight is 227 g/mol. The molecule has 0 bridgehead atoms. The predicted octanol–water partition coefficient (Wildman–Crippen LogP) is 0.569. The van der Waals surface area contributed by atoms with Crippen molar-refractivity contribution in [1.82, 2.24) is 10.2 Å². The normalized spacial score (nSPS) is 29.1. The van der Waals surface area contributed by atoms with Gasteiger partial charge in [-0.1, -0.05) is 6.92 Å². The first-order chi connectivity index (χ1) is 7.40. The summed E-state index contributed by atoms with van der Waals surface area (Å²) in [6.07, 6.45) is 1.06. The second-order valence-corrected chi connectivity index (χ2v) is 5.39. The molecule has 16 heavy (non-hydrogen) atoms. The molecule has 3 atom stereocenters. The fraction of sp³-hybridized carbons (Fsp3) is 0.917. The second kappa shape index (κ2) is 5.64. The summed E-state index contributed by atoms with van der Waals surface area (Å²) in [6.45, 7) is 9.92. The maximum atomic E-state index is 11.9. The van der Waals surface area contributed by atoms with E-state index in [4.69, 9.17) is 5.73 Å². The molecule has 4 heteroatoms. The summed E-state index contributed by atoms with van der Waals surface area (Å²) < 4.78 is 0. The van der Waals surface area contributed by atoms with Crippen LogP contribution in [0.3, 0.4) is 0 Å². The molecule has 0 aromatic carbocycles. The largest absolute Gasteiger partial charge is 0.353 e. The first-order valence-electron chi connectivity index (χ1n) is 6.20. The minimum atomic E-state index is -0.0730. The molecule has 0 radical (unpaired) electrons. The van der Waals surface area contributed by atoms with Crippen LogP contribution in [0.15, 0.2) is 0 Å². The molecular weight excluding hydrogens is 202 g/mol. The van der Waals surface area contributed by atoms with Crippen LogP contribution in [0, 0.1) is 5.92 Å². The molecule has 0 aromatic rings. The van der Waals surface area contributed by atoms with Gasteiger partial charge in [-0.2, -0.15) is 0 Å². The van der Waals surface area contributed by atoms with Gasteiger partial charge in [-0.3, -0.25) is 9.69 Å². The van der Waals surface area contributed by atoms with E-state index < -0.39 is 0 Å². The number of hydrogen-bond acceptors (Lipinski definition) is 3. The molecule has 1 heterocycles. The van der Waals surface area contributed by atoms with Gasteiger partial charge in [-0.15, -0.1) is 0 Å². The maximum Gasteiger partial charge on any atom is 0.237 e. The highest BCUT2D eigenvalue weighted by atomic mass is 16.2. The highest BCUT2D eigenvalue weighted by Crippen LogP contribution is 2.17. The molecule has 0 aliphatic carbocycles. The van der Waals surface area contributed by atoms with E-state index in [0.29, 0.717) is 5.92 Å². The molecule has 3 N–H and O–H groups in total. The maximum absolute atomic E-state index is 11.9. The highest BCUT2D eigenvalue weighted by Gasteiger charge is 2.28. The van der Waals surface area contributed by atoms with Gasteiger partial charge in [0, 0.05) is 25.2 Å². The smallest absolute Gasteiger partial charge is 0.237 e. The zero-order chi connectivity index (χ0) is 12.3. The summed E-state index contributed by atoms with van der Waals surface area (Å²) >= 11 is 0. The third kappa shape index (κ3) is 3.76. The first-order valence-corrected chi connectivity index (χ1v) is 6.20. The van der Waals surface area contributed by atoms with Gasteiger partial charge in [-0.05, 0) is 33.1 Å². The number of nitrogens with zero attached hydrogens (tertiary/aromatic N) is 1. The molecule has 1 rings (SSSR count). The fourth-order valence-corrected chi connectivity index (χ4v) is 2.33. The van der Waals surface area contributed by atoms with Gasteiger partial charge in [0.05, 0.1) is 6.04 Å². The molecule has 0 spiro atoms. The van der Waals surface area contributed by atoms with Crippen LogP contribution in [0.1, 0.15) is 34.1 Å². The van der Waals surface area contributed by atoms with Crippen molar-refractivity contribution >= 4 is 5.91 Å². The Kier molecular flexibility index (Phi) is 4.74. The van der Waals surface area contributed by atoms with Gasteiger partial charge in [0.15, 0.2) is 0 Å². The van der Waals surface area contributed by atoms with Crippen LogP contribution in [0.4, 0.5) is 0 Å². The van der Waals surface area contributed by atoms with Crippen LogP contribution < -0.4 is 11.1 Å². The summed E-state index contributed by atoms with van der Waals surface area (Å²) in [5, 5.41) is 2.95. The molecule has 4 nitrogen and oxygen atoms in total. The Hall–Kier alpha value is -0.610. The monoisotopic (exact) mass is 227 g/mol. The Balaban J connectivity index is 2.52. The second-order valence-electron chi connectivity index (χ2n) is 5.39. The zero-order valence-electron chi connectivity index (χ0n) is 10.9. The Labute approximate surface area is 98.6 Å². The SMILES string of the molecule is CC1CC(N)CN(C(C)C(=O)NC(C)C)C1. The van der Waals surface area contributed by atoms with Crippen LogP contribution in [0.25, 0.3) is 0 Å². The Bertz CT molecular complexity index is 232. The number of carbonyl (C=O) groups excluding carboxylic acids is 1. The standard InChI is InChI=1S/C12H25N3O/c1-8(2)14-12(16)10(4)15-6-9(3)5-11(13)7-15/h8-11H,5-7,13H2,1-4H3,(H,14,16).